The summed E-state index contributed by atoms with van der Waals surface area (Å²) in [6.07, 6.45) is 4.48. The van der Waals surface area contributed by atoms with Crippen LogP contribution in [-0.2, 0) is 16.6 Å². The number of amides is 1. The second kappa shape index (κ2) is 8.37. The van der Waals surface area contributed by atoms with Crippen LogP contribution in [0.25, 0.3) is 0 Å². The molecule has 0 aliphatic carbocycles. The summed E-state index contributed by atoms with van der Waals surface area (Å²) in [7, 11) is -1.95. The quantitative estimate of drug-likeness (QED) is 0.764. The lowest BCUT2D eigenvalue weighted by molar-refractivity contribution is 0.0725. The average Bonchev–Trinajstić information content (AvgIpc) is 2.68. The predicted molar refractivity (Wildman–Crippen MR) is 105 cm³/mol. The first-order valence-electron chi connectivity index (χ1n) is 8.77. The van der Waals surface area contributed by atoms with Crippen molar-refractivity contribution in [2.24, 2.45) is 0 Å². The van der Waals surface area contributed by atoms with Crippen LogP contribution >= 0.6 is 11.6 Å². The van der Waals surface area contributed by atoms with Crippen molar-refractivity contribution in [1.82, 2.24) is 14.2 Å². The van der Waals surface area contributed by atoms with E-state index >= 15 is 0 Å². The van der Waals surface area contributed by atoms with E-state index in [1.165, 1.54) is 4.31 Å². The lowest BCUT2D eigenvalue weighted by atomic mass is 10.1. The molecule has 1 aliphatic heterocycles. The van der Waals surface area contributed by atoms with Gasteiger partial charge in [-0.05, 0) is 48.7 Å². The topological polar surface area (TPSA) is 70.6 Å². The van der Waals surface area contributed by atoms with Gasteiger partial charge in [-0.3, -0.25) is 9.78 Å². The van der Waals surface area contributed by atoms with Crippen molar-refractivity contribution in [3.8, 4) is 0 Å². The van der Waals surface area contributed by atoms with Crippen molar-refractivity contribution in [3.63, 3.8) is 0 Å². The molecule has 0 radical (unpaired) electrons. The Morgan fingerprint density at radius 1 is 1.30 bits per heavy atom. The zero-order chi connectivity index (χ0) is 19.4. The van der Waals surface area contributed by atoms with Crippen LogP contribution in [-0.4, -0.2) is 53.9 Å². The SMILES string of the molecule is CN(Cc1ccncc1)S(=O)(=O)[C@H]1CCCN(C(=O)c2cccc(Cl)c2)C1. The fourth-order valence-electron chi connectivity index (χ4n) is 3.26. The summed E-state index contributed by atoms with van der Waals surface area (Å²) in [5.41, 5.74) is 1.35. The maximum absolute atomic E-state index is 13.0. The first-order chi connectivity index (χ1) is 12.9. The summed E-state index contributed by atoms with van der Waals surface area (Å²) < 4.78 is 27.4. The Hall–Kier alpha value is -1.96. The monoisotopic (exact) mass is 407 g/mol. The third kappa shape index (κ3) is 4.66. The highest BCUT2D eigenvalue weighted by Crippen LogP contribution is 2.23. The number of benzene rings is 1. The van der Waals surface area contributed by atoms with Gasteiger partial charge in [0.05, 0.1) is 5.25 Å². The van der Waals surface area contributed by atoms with E-state index in [9.17, 15) is 13.2 Å². The van der Waals surface area contributed by atoms with E-state index in [0.717, 1.165) is 5.56 Å². The normalized spacial score (nSPS) is 17.9. The Bertz CT molecular complexity index is 905. The van der Waals surface area contributed by atoms with Crippen molar-refractivity contribution in [3.05, 3.63) is 64.9 Å². The number of sulfonamides is 1. The van der Waals surface area contributed by atoms with Crippen LogP contribution in [0.15, 0.2) is 48.8 Å². The van der Waals surface area contributed by atoms with Gasteiger partial charge in [0.2, 0.25) is 10.0 Å². The van der Waals surface area contributed by atoms with Gasteiger partial charge in [-0.2, -0.15) is 0 Å². The van der Waals surface area contributed by atoms with Crippen molar-refractivity contribution < 1.29 is 13.2 Å². The molecule has 1 saturated heterocycles. The number of rotatable bonds is 5. The molecule has 1 fully saturated rings. The van der Waals surface area contributed by atoms with E-state index in [2.05, 4.69) is 4.98 Å². The second-order valence-electron chi connectivity index (χ2n) is 6.68. The summed E-state index contributed by atoms with van der Waals surface area (Å²) in [4.78, 5) is 18.3. The molecular weight excluding hydrogens is 386 g/mol. The molecule has 144 valence electrons. The van der Waals surface area contributed by atoms with Gasteiger partial charge in [-0.1, -0.05) is 17.7 Å². The molecule has 0 spiro atoms. The molecule has 3 rings (SSSR count). The van der Waals surface area contributed by atoms with Gasteiger partial charge in [-0.15, -0.1) is 0 Å². The number of pyridine rings is 1. The number of carbonyl (C=O) groups excluding carboxylic acids is 1. The number of likely N-dealkylation sites (tertiary alicyclic amines) is 1. The van der Waals surface area contributed by atoms with E-state index in [1.807, 2.05) is 0 Å². The number of aromatic nitrogens is 1. The Balaban J connectivity index is 1.71. The van der Waals surface area contributed by atoms with Crippen LogP contribution in [0.5, 0.6) is 0 Å². The number of carbonyl (C=O) groups is 1. The Kier molecular flexibility index (Phi) is 6.14. The molecule has 1 atom stereocenters. The molecular formula is C19H22ClN3O3S. The summed E-state index contributed by atoms with van der Waals surface area (Å²) in [6.45, 7) is 1.02. The van der Waals surface area contributed by atoms with Gasteiger partial charge in [-0.25, -0.2) is 12.7 Å². The maximum atomic E-state index is 13.0. The lowest BCUT2D eigenvalue weighted by Gasteiger charge is -2.34. The van der Waals surface area contributed by atoms with E-state index in [1.54, 1.807) is 60.7 Å². The van der Waals surface area contributed by atoms with E-state index in [-0.39, 0.29) is 19.0 Å². The standard InChI is InChI=1S/C19H22ClN3O3S/c1-22(13-15-7-9-21-10-8-15)27(25,26)18-6-3-11-23(14-18)19(24)16-4-2-5-17(20)12-16/h2,4-5,7-10,12,18H,3,6,11,13-14H2,1H3/t18-/m0/s1. The maximum Gasteiger partial charge on any atom is 0.253 e. The molecule has 1 aromatic heterocycles. The van der Waals surface area contributed by atoms with Gasteiger partial charge < -0.3 is 4.90 Å². The van der Waals surface area contributed by atoms with Crippen LogP contribution in [0.3, 0.4) is 0 Å². The predicted octanol–water partition coefficient (Wildman–Crippen LogP) is 2.80. The van der Waals surface area contributed by atoms with Gasteiger partial charge in [0.25, 0.3) is 5.91 Å². The van der Waals surface area contributed by atoms with Crippen molar-refractivity contribution >= 4 is 27.5 Å². The minimum atomic E-state index is -3.52. The molecule has 2 heterocycles. The van der Waals surface area contributed by atoms with E-state index in [0.29, 0.717) is 30.0 Å². The molecule has 1 aromatic carbocycles. The van der Waals surface area contributed by atoms with Crippen LogP contribution in [0.1, 0.15) is 28.8 Å². The number of hydrogen-bond acceptors (Lipinski definition) is 4. The molecule has 1 aliphatic rings. The summed E-state index contributed by atoms with van der Waals surface area (Å²) in [5, 5.41) is -0.125. The minimum absolute atomic E-state index is 0.186. The first-order valence-corrected chi connectivity index (χ1v) is 10.6. The number of piperidine rings is 1. The summed E-state index contributed by atoms with van der Waals surface area (Å²) in [5.74, 6) is -0.186. The smallest absolute Gasteiger partial charge is 0.253 e. The number of nitrogens with zero attached hydrogens (tertiary/aromatic N) is 3. The number of hydrogen-bond donors (Lipinski definition) is 0. The third-order valence-electron chi connectivity index (χ3n) is 4.75. The Morgan fingerprint density at radius 3 is 2.74 bits per heavy atom. The highest BCUT2D eigenvalue weighted by atomic mass is 35.5. The molecule has 27 heavy (non-hydrogen) atoms. The van der Waals surface area contributed by atoms with Crippen LogP contribution < -0.4 is 0 Å². The average molecular weight is 408 g/mol. The lowest BCUT2D eigenvalue weighted by Crippen LogP contribution is -2.48. The fraction of sp³-hybridized carbons (Fsp3) is 0.368. The zero-order valence-corrected chi connectivity index (χ0v) is 16.7. The zero-order valence-electron chi connectivity index (χ0n) is 15.1. The minimum Gasteiger partial charge on any atom is -0.337 e. The van der Waals surface area contributed by atoms with Crippen LogP contribution in [0.4, 0.5) is 0 Å². The third-order valence-corrected chi connectivity index (χ3v) is 7.21. The van der Waals surface area contributed by atoms with Gasteiger partial charge >= 0.3 is 0 Å². The largest absolute Gasteiger partial charge is 0.337 e. The molecule has 0 bridgehead atoms. The molecule has 0 N–H and O–H groups in total. The van der Waals surface area contributed by atoms with Crippen molar-refractivity contribution in [1.29, 1.82) is 0 Å². The molecule has 6 nitrogen and oxygen atoms in total. The fourth-order valence-corrected chi connectivity index (χ4v) is 5.12. The molecule has 0 saturated carbocycles. The highest BCUT2D eigenvalue weighted by molar-refractivity contribution is 7.89. The molecule has 8 heteroatoms. The van der Waals surface area contributed by atoms with Crippen molar-refractivity contribution in [2.75, 3.05) is 20.1 Å². The Labute approximate surface area is 164 Å². The Morgan fingerprint density at radius 2 is 2.04 bits per heavy atom. The summed E-state index contributed by atoms with van der Waals surface area (Å²) >= 11 is 5.97. The highest BCUT2D eigenvalue weighted by Gasteiger charge is 2.35. The summed E-state index contributed by atoms with van der Waals surface area (Å²) in [6, 6.07) is 10.3. The second-order valence-corrected chi connectivity index (χ2v) is 9.44. The van der Waals surface area contributed by atoms with Crippen LogP contribution in [0.2, 0.25) is 5.02 Å². The van der Waals surface area contributed by atoms with E-state index < -0.39 is 15.3 Å². The van der Waals surface area contributed by atoms with E-state index in [4.69, 9.17) is 11.6 Å². The number of halogens is 1. The van der Waals surface area contributed by atoms with Gasteiger partial charge in [0.15, 0.2) is 0 Å². The van der Waals surface area contributed by atoms with Crippen LogP contribution in [0, 0.1) is 0 Å². The van der Waals surface area contributed by atoms with Gasteiger partial charge in [0, 0.05) is 49.7 Å². The molecule has 0 unspecified atom stereocenters. The first kappa shape index (κ1) is 19.8. The van der Waals surface area contributed by atoms with Crippen molar-refractivity contribution in [2.45, 2.75) is 24.6 Å². The van der Waals surface area contributed by atoms with Gasteiger partial charge in [0.1, 0.15) is 0 Å². The molecule has 2 aromatic rings. The molecule has 1 amide bonds.